The Bertz CT molecular complexity index is 332. The molecule has 0 aromatic heterocycles. The van der Waals surface area contributed by atoms with Crippen LogP contribution in [0.2, 0.25) is 0 Å². The van der Waals surface area contributed by atoms with Crippen molar-refractivity contribution in [2.45, 2.75) is 13.3 Å². The molecule has 0 spiro atoms. The summed E-state index contributed by atoms with van der Waals surface area (Å²) in [5, 5.41) is 0. The fraction of sp³-hybridized carbons (Fsp3) is 0.750. The van der Waals surface area contributed by atoms with E-state index in [9.17, 15) is 18.0 Å². The smallest absolute Gasteiger partial charge is 0.230 e. The normalized spacial score (nSPS) is 20.5. The van der Waals surface area contributed by atoms with Gasteiger partial charge < -0.3 is 4.90 Å². The second kappa shape index (κ2) is 4.08. The Kier molecular flexibility index (Phi) is 3.25. The lowest BCUT2D eigenvalue weighted by Crippen LogP contribution is -2.44. The largest absolute Gasteiger partial charge is 0.340 e. The van der Waals surface area contributed by atoms with Gasteiger partial charge in [-0.05, 0) is 6.92 Å². The molecule has 0 aromatic rings. The molecule has 0 atom stereocenters. The number of nitrogens with zero attached hydrogens (tertiary/aromatic N) is 1. The summed E-state index contributed by atoms with van der Waals surface area (Å²) >= 11 is 0. The molecule has 80 valence electrons. The van der Waals surface area contributed by atoms with E-state index in [1.807, 2.05) is 0 Å². The second-order valence-corrected chi connectivity index (χ2v) is 5.72. The summed E-state index contributed by atoms with van der Waals surface area (Å²) in [5.41, 5.74) is 0. The van der Waals surface area contributed by atoms with Crippen molar-refractivity contribution in [3.05, 3.63) is 0 Å². The van der Waals surface area contributed by atoms with Crippen molar-refractivity contribution in [2.24, 2.45) is 0 Å². The van der Waals surface area contributed by atoms with Crippen LogP contribution in [0.25, 0.3) is 0 Å². The van der Waals surface area contributed by atoms with Gasteiger partial charge in [-0.1, -0.05) is 0 Å². The Hall–Kier alpha value is -0.910. The quantitative estimate of drug-likeness (QED) is 0.571. The maximum Gasteiger partial charge on any atom is 0.230 e. The zero-order chi connectivity index (χ0) is 10.8. The summed E-state index contributed by atoms with van der Waals surface area (Å²) in [7, 11) is -2.96. The number of sulfone groups is 1. The summed E-state index contributed by atoms with van der Waals surface area (Å²) in [6, 6.07) is 0. The molecule has 1 amide bonds. The van der Waals surface area contributed by atoms with Crippen LogP contribution in [0.3, 0.4) is 0 Å². The van der Waals surface area contributed by atoms with E-state index in [2.05, 4.69) is 0 Å². The fourth-order valence-electron chi connectivity index (χ4n) is 1.29. The van der Waals surface area contributed by atoms with E-state index in [1.54, 1.807) is 0 Å². The third-order valence-corrected chi connectivity index (χ3v) is 3.71. The molecule has 1 heterocycles. The molecule has 0 bridgehead atoms. The summed E-state index contributed by atoms with van der Waals surface area (Å²) in [6.07, 6.45) is -0.125. The predicted octanol–water partition coefficient (Wildman–Crippen LogP) is -0.777. The van der Waals surface area contributed by atoms with Crippen LogP contribution in [0.15, 0.2) is 0 Å². The molecular weight excluding hydrogens is 206 g/mol. The maximum absolute atomic E-state index is 11.3. The summed E-state index contributed by atoms with van der Waals surface area (Å²) in [4.78, 5) is 23.4. The highest BCUT2D eigenvalue weighted by Gasteiger charge is 2.25. The van der Waals surface area contributed by atoms with Crippen molar-refractivity contribution in [3.63, 3.8) is 0 Å². The highest BCUT2D eigenvalue weighted by molar-refractivity contribution is 7.91. The van der Waals surface area contributed by atoms with Crippen molar-refractivity contribution in [3.8, 4) is 0 Å². The molecule has 0 aliphatic carbocycles. The third-order valence-electron chi connectivity index (χ3n) is 2.10. The van der Waals surface area contributed by atoms with Crippen LogP contribution < -0.4 is 0 Å². The van der Waals surface area contributed by atoms with Gasteiger partial charge in [0.2, 0.25) is 5.91 Å². The summed E-state index contributed by atoms with van der Waals surface area (Å²) in [6.45, 7) is 1.78. The number of carbonyl (C=O) groups excluding carboxylic acids is 2. The average Bonchev–Trinajstić information content (AvgIpc) is 2.02. The topological polar surface area (TPSA) is 71.5 Å². The number of amides is 1. The Morgan fingerprint density at radius 1 is 1.21 bits per heavy atom. The van der Waals surface area contributed by atoms with Gasteiger partial charge in [-0.15, -0.1) is 0 Å². The van der Waals surface area contributed by atoms with E-state index in [-0.39, 0.29) is 42.7 Å². The number of hydrogen-bond donors (Lipinski definition) is 0. The molecule has 5 nitrogen and oxygen atoms in total. The number of hydrogen-bond acceptors (Lipinski definition) is 4. The molecule has 1 saturated heterocycles. The molecule has 0 radical (unpaired) electrons. The molecule has 1 aliphatic heterocycles. The van der Waals surface area contributed by atoms with Gasteiger partial charge in [-0.2, -0.15) is 0 Å². The van der Waals surface area contributed by atoms with E-state index in [0.29, 0.717) is 0 Å². The van der Waals surface area contributed by atoms with Gasteiger partial charge in [0.1, 0.15) is 5.78 Å². The Labute approximate surface area is 83.0 Å². The van der Waals surface area contributed by atoms with E-state index in [1.165, 1.54) is 11.8 Å². The number of carbonyl (C=O) groups is 2. The molecule has 0 unspecified atom stereocenters. The molecule has 14 heavy (non-hydrogen) atoms. The van der Waals surface area contributed by atoms with Crippen molar-refractivity contribution in [1.29, 1.82) is 0 Å². The monoisotopic (exact) mass is 219 g/mol. The van der Waals surface area contributed by atoms with Crippen LogP contribution in [0.4, 0.5) is 0 Å². The van der Waals surface area contributed by atoms with E-state index in [0.717, 1.165) is 0 Å². The van der Waals surface area contributed by atoms with Gasteiger partial charge in [0.25, 0.3) is 0 Å². The Balaban J connectivity index is 2.50. The SMILES string of the molecule is CC(=O)CC(=O)N1CCS(=O)(=O)CC1. The summed E-state index contributed by atoms with van der Waals surface area (Å²) < 4.78 is 22.1. The summed E-state index contributed by atoms with van der Waals surface area (Å²) in [5.74, 6) is -0.441. The molecule has 1 rings (SSSR count). The zero-order valence-corrected chi connectivity index (χ0v) is 8.84. The molecule has 0 aromatic carbocycles. The van der Waals surface area contributed by atoms with Gasteiger partial charge in [-0.3, -0.25) is 9.59 Å². The zero-order valence-electron chi connectivity index (χ0n) is 8.02. The minimum absolute atomic E-state index is 0.0106. The van der Waals surface area contributed by atoms with E-state index in [4.69, 9.17) is 0 Å². The lowest BCUT2D eigenvalue weighted by Gasteiger charge is -2.26. The van der Waals surface area contributed by atoms with Gasteiger partial charge >= 0.3 is 0 Å². The molecule has 1 aliphatic rings. The molecule has 6 heteroatoms. The van der Waals surface area contributed by atoms with Crippen molar-refractivity contribution >= 4 is 21.5 Å². The molecule has 1 fully saturated rings. The van der Waals surface area contributed by atoms with Crippen molar-refractivity contribution in [2.75, 3.05) is 24.6 Å². The second-order valence-electron chi connectivity index (χ2n) is 3.41. The van der Waals surface area contributed by atoms with Gasteiger partial charge in [0.05, 0.1) is 17.9 Å². The first kappa shape index (κ1) is 11.2. The van der Waals surface area contributed by atoms with Crippen molar-refractivity contribution in [1.82, 2.24) is 4.90 Å². The number of Topliss-reactive ketones (excluding diaryl/α,β-unsaturated/α-hetero) is 1. The van der Waals surface area contributed by atoms with Crippen LogP contribution in [-0.4, -0.2) is 49.6 Å². The molecular formula is C8H13NO4S. The number of rotatable bonds is 2. The minimum Gasteiger partial charge on any atom is -0.340 e. The third kappa shape index (κ3) is 3.10. The van der Waals surface area contributed by atoms with Gasteiger partial charge in [0.15, 0.2) is 9.84 Å². The first-order valence-electron chi connectivity index (χ1n) is 4.38. The average molecular weight is 219 g/mol. The number of ketones is 1. The fourth-order valence-corrected chi connectivity index (χ4v) is 2.49. The van der Waals surface area contributed by atoms with Crippen LogP contribution in [-0.2, 0) is 19.4 Å². The predicted molar refractivity (Wildman–Crippen MR) is 50.5 cm³/mol. The standard InChI is InChI=1S/C8H13NO4S/c1-7(10)6-8(11)9-2-4-14(12,13)5-3-9/h2-6H2,1H3. The highest BCUT2D eigenvalue weighted by Crippen LogP contribution is 2.05. The first-order valence-corrected chi connectivity index (χ1v) is 6.20. The van der Waals surface area contributed by atoms with E-state index < -0.39 is 9.84 Å². The van der Waals surface area contributed by atoms with Crippen LogP contribution in [0, 0.1) is 0 Å². The van der Waals surface area contributed by atoms with Crippen LogP contribution in [0.1, 0.15) is 13.3 Å². The molecule has 0 N–H and O–H groups in total. The maximum atomic E-state index is 11.3. The lowest BCUT2D eigenvalue weighted by molar-refractivity contribution is -0.134. The van der Waals surface area contributed by atoms with Crippen molar-refractivity contribution < 1.29 is 18.0 Å². The minimum atomic E-state index is -2.96. The van der Waals surface area contributed by atoms with Gasteiger partial charge in [-0.25, -0.2) is 8.42 Å². The first-order chi connectivity index (χ1) is 6.41. The van der Waals surface area contributed by atoms with Crippen LogP contribution in [0.5, 0.6) is 0 Å². The van der Waals surface area contributed by atoms with Gasteiger partial charge in [0, 0.05) is 13.1 Å². The Morgan fingerprint density at radius 2 is 1.71 bits per heavy atom. The lowest BCUT2D eigenvalue weighted by atomic mass is 10.3. The Morgan fingerprint density at radius 3 is 2.14 bits per heavy atom. The van der Waals surface area contributed by atoms with E-state index >= 15 is 0 Å². The highest BCUT2D eigenvalue weighted by atomic mass is 32.2. The van der Waals surface area contributed by atoms with Crippen LogP contribution >= 0.6 is 0 Å². The molecule has 0 saturated carbocycles.